The maximum Gasteiger partial charge on any atom is 0.267 e. The summed E-state index contributed by atoms with van der Waals surface area (Å²) in [7, 11) is 0. The van der Waals surface area contributed by atoms with E-state index in [2.05, 4.69) is 20.9 Å². The van der Waals surface area contributed by atoms with Crippen molar-refractivity contribution in [2.75, 3.05) is 0 Å². The minimum absolute atomic E-state index is 0.0333. The molecule has 13 heavy (non-hydrogen) atoms. The quantitative estimate of drug-likeness (QED) is 0.570. The summed E-state index contributed by atoms with van der Waals surface area (Å²) >= 11 is 4.64. The van der Waals surface area contributed by atoms with Gasteiger partial charge in [0, 0.05) is 3.57 Å². The summed E-state index contributed by atoms with van der Waals surface area (Å²) < 4.78 is 25.1. The molecule has 0 spiro atoms. The van der Waals surface area contributed by atoms with Crippen molar-refractivity contribution in [3.05, 3.63) is 25.5 Å². The van der Waals surface area contributed by atoms with Gasteiger partial charge in [-0.1, -0.05) is 0 Å². The normalized spacial score (nSPS) is 10.2. The second-order valence-corrected chi connectivity index (χ2v) is 4.02. The molecule has 0 saturated heterocycles. The third-order valence-corrected chi connectivity index (χ3v) is 2.79. The van der Waals surface area contributed by atoms with E-state index in [1.807, 2.05) is 0 Å². The molecule has 0 unspecified atom stereocenters. The van der Waals surface area contributed by atoms with Crippen molar-refractivity contribution in [1.29, 1.82) is 5.26 Å². The van der Waals surface area contributed by atoms with Crippen LogP contribution >= 0.6 is 38.5 Å². The minimum Gasteiger partial charge on any atom is -0.230 e. The van der Waals surface area contributed by atoms with E-state index in [0.717, 1.165) is 0 Å². The van der Waals surface area contributed by atoms with Crippen LogP contribution in [0, 0.1) is 14.9 Å². The molecule has 1 aromatic rings. The zero-order chi connectivity index (χ0) is 10.0. The molecule has 0 radical (unpaired) electrons. The smallest absolute Gasteiger partial charge is 0.230 e. The van der Waals surface area contributed by atoms with Gasteiger partial charge in [-0.25, -0.2) is 13.8 Å². The molecule has 0 atom stereocenters. The number of hydrogen-bond donors (Lipinski definition) is 0. The summed E-state index contributed by atoms with van der Waals surface area (Å²) in [5.74, 6) is 0. The first-order valence-electron chi connectivity index (χ1n) is 3.10. The predicted octanol–water partition coefficient (Wildman–Crippen LogP) is 3.26. The molecule has 0 bridgehead atoms. The van der Waals surface area contributed by atoms with Crippen molar-refractivity contribution in [2.45, 2.75) is 6.43 Å². The molecule has 0 aliphatic carbocycles. The number of hydrogen-bond acceptors (Lipinski definition) is 2. The maximum absolute atomic E-state index is 12.4. The van der Waals surface area contributed by atoms with Crippen LogP contribution in [0.4, 0.5) is 8.78 Å². The first kappa shape index (κ1) is 10.8. The van der Waals surface area contributed by atoms with Crippen LogP contribution in [-0.4, -0.2) is 4.98 Å². The third kappa shape index (κ3) is 2.34. The van der Waals surface area contributed by atoms with E-state index in [0.29, 0.717) is 3.57 Å². The number of halogens is 4. The Kier molecular flexibility index (Phi) is 3.55. The van der Waals surface area contributed by atoms with Gasteiger partial charge >= 0.3 is 0 Å². The van der Waals surface area contributed by atoms with Crippen LogP contribution in [0.25, 0.3) is 0 Å². The summed E-state index contributed by atoms with van der Waals surface area (Å²) in [6.45, 7) is 0. The van der Waals surface area contributed by atoms with Gasteiger partial charge in [0.25, 0.3) is 6.43 Å². The number of aromatic nitrogens is 1. The number of pyridine rings is 1. The largest absolute Gasteiger partial charge is 0.267 e. The molecule has 0 N–H and O–H groups in total. The monoisotopic (exact) mass is 358 g/mol. The number of alkyl halides is 2. The lowest BCUT2D eigenvalue weighted by atomic mass is 10.2. The molecule has 2 nitrogen and oxygen atoms in total. The average molecular weight is 359 g/mol. The van der Waals surface area contributed by atoms with Crippen LogP contribution in [0.1, 0.15) is 17.7 Å². The molecule has 0 aliphatic heterocycles. The van der Waals surface area contributed by atoms with E-state index in [4.69, 9.17) is 5.26 Å². The highest BCUT2D eigenvalue weighted by molar-refractivity contribution is 14.1. The summed E-state index contributed by atoms with van der Waals surface area (Å²) in [5.41, 5.74) is -0.0414. The maximum atomic E-state index is 12.4. The molecular weight excluding hydrogens is 357 g/mol. The van der Waals surface area contributed by atoms with Crippen molar-refractivity contribution in [1.82, 2.24) is 4.98 Å². The van der Waals surface area contributed by atoms with E-state index >= 15 is 0 Å². The van der Waals surface area contributed by atoms with Crippen LogP contribution in [0.5, 0.6) is 0 Å². The highest BCUT2D eigenvalue weighted by Gasteiger charge is 2.17. The molecule has 1 heterocycles. The van der Waals surface area contributed by atoms with Gasteiger partial charge in [-0.15, -0.1) is 0 Å². The van der Waals surface area contributed by atoms with Crippen molar-refractivity contribution < 1.29 is 8.78 Å². The molecule has 0 fully saturated rings. The average Bonchev–Trinajstić information content (AvgIpc) is 2.02. The first-order chi connectivity index (χ1) is 6.06. The Labute approximate surface area is 95.2 Å². The summed E-state index contributed by atoms with van der Waals surface area (Å²) in [5, 5.41) is 8.49. The molecule has 6 heteroatoms. The summed E-state index contributed by atoms with van der Waals surface area (Å²) in [6.07, 6.45) is -2.58. The Morgan fingerprint density at radius 3 is 2.62 bits per heavy atom. The Bertz CT molecular complexity index is 352. The van der Waals surface area contributed by atoms with Gasteiger partial charge in [-0.2, -0.15) is 5.26 Å². The molecule has 1 aromatic heterocycles. The van der Waals surface area contributed by atoms with Gasteiger partial charge < -0.3 is 0 Å². The Morgan fingerprint density at radius 1 is 1.62 bits per heavy atom. The van der Waals surface area contributed by atoms with E-state index in [-0.39, 0.29) is 15.9 Å². The molecular formula is C7H2BrF2IN2. The minimum atomic E-state index is -2.58. The van der Waals surface area contributed by atoms with Crippen molar-refractivity contribution in [3.63, 3.8) is 0 Å². The predicted molar refractivity (Wildman–Crippen MR) is 54.3 cm³/mol. The van der Waals surface area contributed by atoms with Crippen LogP contribution in [0.15, 0.2) is 10.7 Å². The lowest BCUT2D eigenvalue weighted by molar-refractivity contribution is 0.149. The lowest BCUT2D eigenvalue weighted by Crippen LogP contribution is -1.96. The van der Waals surface area contributed by atoms with E-state index < -0.39 is 6.43 Å². The second kappa shape index (κ2) is 4.28. The Morgan fingerprint density at radius 2 is 2.23 bits per heavy atom. The molecule has 0 aliphatic rings. The SMILES string of the molecule is N#Cc1cc(I)c(C(F)F)c(Br)n1. The fourth-order valence-corrected chi connectivity index (χ4v) is 2.48. The topological polar surface area (TPSA) is 36.7 Å². The third-order valence-electron chi connectivity index (χ3n) is 1.29. The zero-order valence-corrected chi connectivity index (χ0v) is 9.80. The van der Waals surface area contributed by atoms with Gasteiger partial charge in [0.05, 0.1) is 5.56 Å². The summed E-state index contributed by atoms with van der Waals surface area (Å²) in [6, 6.07) is 3.11. The molecule has 0 saturated carbocycles. The van der Waals surface area contributed by atoms with Crippen LogP contribution in [0.2, 0.25) is 0 Å². The van der Waals surface area contributed by atoms with Crippen LogP contribution in [-0.2, 0) is 0 Å². The summed E-state index contributed by atoms with van der Waals surface area (Å²) in [4.78, 5) is 3.64. The standard InChI is InChI=1S/C7H2BrF2IN2/c8-6-5(7(9)10)4(11)1-3(2-12)13-6/h1,7H. The van der Waals surface area contributed by atoms with E-state index in [1.54, 1.807) is 28.7 Å². The van der Waals surface area contributed by atoms with Crippen LogP contribution in [0.3, 0.4) is 0 Å². The Hall–Kier alpha value is -0.290. The van der Waals surface area contributed by atoms with Gasteiger partial charge in [0.2, 0.25) is 0 Å². The first-order valence-corrected chi connectivity index (χ1v) is 4.97. The molecule has 1 rings (SSSR count). The van der Waals surface area contributed by atoms with E-state index in [1.165, 1.54) is 6.07 Å². The molecule has 0 aromatic carbocycles. The number of rotatable bonds is 1. The van der Waals surface area contributed by atoms with Crippen molar-refractivity contribution in [3.8, 4) is 6.07 Å². The zero-order valence-electron chi connectivity index (χ0n) is 6.06. The van der Waals surface area contributed by atoms with Gasteiger partial charge in [-0.3, -0.25) is 0 Å². The second-order valence-electron chi connectivity index (χ2n) is 2.11. The highest BCUT2D eigenvalue weighted by Crippen LogP contribution is 2.30. The Balaban J connectivity index is 3.33. The number of nitriles is 1. The number of nitrogens with zero attached hydrogens (tertiary/aromatic N) is 2. The van der Waals surface area contributed by atoms with Gasteiger partial charge in [0.15, 0.2) is 0 Å². The fraction of sp³-hybridized carbons (Fsp3) is 0.143. The lowest BCUT2D eigenvalue weighted by Gasteiger charge is -2.04. The van der Waals surface area contributed by atoms with Crippen molar-refractivity contribution >= 4 is 38.5 Å². The van der Waals surface area contributed by atoms with E-state index in [9.17, 15) is 8.78 Å². The fourth-order valence-electron chi connectivity index (χ4n) is 0.746. The van der Waals surface area contributed by atoms with Crippen molar-refractivity contribution in [2.24, 2.45) is 0 Å². The molecule has 0 amide bonds. The van der Waals surface area contributed by atoms with Gasteiger partial charge in [0.1, 0.15) is 16.4 Å². The molecule has 68 valence electrons. The van der Waals surface area contributed by atoms with Gasteiger partial charge in [-0.05, 0) is 44.6 Å². The highest BCUT2D eigenvalue weighted by atomic mass is 127. The van der Waals surface area contributed by atoms with Crippen LogP contribution < -0.4 is 0 Å².